The van der Waals surface area contributed by atoms with Crippen LogP contribution >= 0.6 is 0 Å². The van der Waals surface area contributed by atoms with Crippen LogP contribution < -0.4 is 5.32 Å². The number of benzene rings is 1. The lowest BCUT2D eigenvalue weighted by Crippen LogP contribution is -2.43. The molecule has 0 aliphatic carbocycles. The molecule has 3 nitrogen and oxygen atoms in total. The van der Waals surface area contributed by atoms with E-state index in [1.807, 2.05) is 11.0 Å². The lowest BCUT2D eigenvalue weighted by atomic mass is 9.93. The molecule has 3 heteroatoms. The highest BCUT2D eigenvalue weighted by Gasteiger charge is 2.35. The lowest BCUT2D eigenvalue weighted by Gasteiger charge is -2.29. The normalized spacial score (nSPS) is 30.2. The van der Waals surface area contributed by atoms with Crippen LogP contribution in [0.3, 0.4) is 0 Å². The highest BCUT2D eigenvalue weighted by Crippen LogP contribution is 2.28. The Kier molecular flexibility index (Phi) is 3.31. The monoisotopic (exact) mass is 258 g/mol. The molecule has 1 aromatic rings. The molecule has 0 spiro atoms. The zero-order chi connectivity index (χ0) is 13.4. The minimum absolute atomic E-state index is 0.137. The number of nitrogens with one attached hydrogen (secondary N) is 1. The fraction of sp³-hybridized carbons (Fsp3) is 0.562. The number of rotatable bonds is 1. The molecular weight excluding hydrogens is 236 g/mol. The van der Waals surface area contributed by atoms with Crippen molar-refractivity contribution < 1.29 is 4.79 Å². The van der Waals surface area contributed by atoms with E-state index < -0.39 is 0 Å². The van der Waals surface area contributed by atoms with Gasteiger partial charge in [-0.15, -0.1) is 0 Å². The number of carbonyl (C=O) groups excluding carboxylic acids is 1. The van der Waals surface area contributed by atoms with Gasteiger partial charge in [0.05, 0.1) is 0 Å². The molecule has 1 N–H and O–H groups in total. The maximum absolute atomic E-state index is 12.7. The number of likely N-dealkylation sites (tertiary alicyclic amines) is 1. The zero-order valence-electron chi connectivity index (χ0n) is 11.7. The Morgan fingerprint density at radius 1 is 1.21 bits per heavy atom. The van der Waals surface area contributed by atoms with Crippen LogP contribution in [-0.4, -0.2) is 30.4 Å². The molecule has 1 amide bonds. The molecule has 19 heavy (non-hydrogen) atoms. The van der Waals surface area contributed by atoms with Crippen molar-refractivity contribution in [3.05, 3.63) is 35.4 Å². The Balaban J connectivity index is 1.82. The third kappa shape index (κ3) is 2.27. The third-order valence-corrected chi connectivity index (χ3v) is 4.66. The summed E-state index contributed by atoms with van der Waals surface area (Å²) in [6, 6.07) is 8.19. The SMILES string of the molecule is CC1CN(C(=O)C2NCCc3ccccc32)CC1C. The average Bonchev–Trinajstić information content (AvgIpc) is 2.77. The Morgan fingerprint density at radius 3 is 2.63 bits per heavy atom. The van der Waals surface area contributed by atoms with Crippen molar-refractivity contribution in [1.82, 2.24) is 10.2 Å². The fourth-order valence-electron chi connectivity index (χ4n) is 3.22. The van der Waals surface area contributed by atoms with E-state index in [1.165, 1.54) is 11.1 Å². The summed E-state index contributed by atoms with van der Waals surface area (Å²) in [4.78, 5) is 14.8. The van der Waals surface area contributed by atoms with E-state index in [9.17, 15) is 4.79 Å². The van der Waals surface area contributed by atoms with Crippen LogP contribution in [0.15, 0.2) is 24.3 Å². The van der Waals surface area contributed by atoms with E-state index in [0.717, 1.165) is 26.1 Å². The van der Waals surface area contributed by atoms with Gasteiger partial charge in [-0.3, -0.25) is 4.79 Å². The number of amides is 1. The molecule has 2 aliphatic rings. The van der Waals surface area contributed by atoms with Crippen LogP contribution in [-0.2, 0) is 11.2 Å². The molecule has 0 radical (unpaired) electrons. The molecule has 3 unspecified atom stereocenters. The van der Waals surface area contributed by atoms with Crippen LogP contribution in [0.25, 0.3) is 0 Å². The summed E-state index contributed by atoms with van der Waals surface area (Å²) >= 11 is 0. The number of fused-ring (bicyclic) bond motifs is 1. The zero-order valence-corrected chi connectivity index (χ0v) is 11.7. The van der Waals surface area contributed by atoms with Gasteiger partial charge in [0.15, 0.2) is 0 Å². The maximum Gasteiger partial charge on any atom is 0.244 e. The van der Waals surface area contributed by atoms with Crippen molar-refractivity contribution in [2.24, 2.45) is 11.8 Å². The number of hydrogen-bond acceptors (Lipinski definition) is 2. The third-order valence-electron chi connectivity index (χ3n) is 4.66. The van der Waals surface area contributed by atoms with Crippen molar-refractivity contribution in [1.29, 1.82) is 0 Å². The summed E-state index contributed by atoms with van der Waals surface area (Å²) in [5, 5.41) is 3.39. The second-order valence-corrected chi connectivity index (χ2v) is 6.03. The minimum Gasteiger partial charge on any atom is -0.340 e. The van der Waals surface area contributed by atoms with Crippen molar-refractivity contribution >= 4 is 5.91 Å². The summed E-state index contributed by atoms with van der Waals surface area (Å²) in [7, 11) is 0. The predicted molar refractivity (Wildman–Crippen MR) is 75.8 cm³/mol. The van der Waals surface area contributed by atoms with Crippen molar-refractivity contribution in [3.63, 3.8) is 0 Å². The van der Waals surface area contributed by atoms with Crippen molar-refractivity contribution in [2.75, 3.05) is 19.6 Å². The molecule has 2 heterocycles. The molecule has 102 valence electrons. The van der Waals surface area contributed by atoms with Crippen molar-refractivity contribution in [2.45, 2.75) is 26.3 Å². The van der Waals surface area contributed by atoms with Crippen molar-refractivity contribution in [3.8, 4) is 0 Å². The van der Waals surface area contributed by atoms with Crippen LogP contribution in [0.2, 0.25) is 0 Å². The standard InChI is InChI=1S/C16H22N2O/c1-11-9-18(10-12(11)2)16(19)15-14-6-4-3-5-13(14)7-8-17-15/h3-6,11-12,15,17H,7-10H2,1-2H3. The van der Waals surface area contributed by atoms with Crippen LogP contribution in [0, 0.1) is 11.8 Å². The molecule has 0 bridgehead atoms. The van der Waals surface area contributed by atoms with Crippen LogP contribution in [0.5, 0.6) is 0 Å². The molecular formula is C16H22N2O. The molecule has 1 aromatic carbocycles. The fourth-order valence-corrected chi connectivity index (χ4v) is 3.22. The maximum atomic E-state index is 12.7. The van der Waals surface area contributed by atoms with Gasteiger partial charge in [0, 0.05) is 19.6 Å². The van der Waals surface area contributed by atoms with Gasteiger partial charge in [-0.2, -0.15) is 0 Å². The van der Waals surface area contributed by atoms with E-state index in [-0.39, 0.29) is 11.9 Å². The molecule has 0 saturated carbocycles. The minimum atomic E-state index is -0.137. The quantitative estimate of drug-likeness (QED) is 0.835. The first kappa shape index (κ1) is 12.7. The summed E-state index contributed by atoms with van der Waals surface area (Å²) < 4.78 is 0. The molecule has 1 saturated heterocycles. The Labute approximate surface area is 115 Å². The van der Waals surface area contributed by atoms with E-state index in [2.05, 4.69) is 37.4 Å². The van der Waals surface area contributed by atoms with E-state index >= 15 is 0 Å². The van der Waals surface area contributed by atoms with Gasteiger partial charge in [-0.05, 0) is 29.4 Å². The summed E-state index contributed by atoms with van der Waals surface area (Å²) in [6.45, 7) is 7.17. The molecule has 0 aromatic heterocycles. The van der Waals surface area contributed by atoms with E-state index in [1.54, 1.807) is 0 Å². The number of hydrogen-bond donors (Lipinski definition) is 1. The highest BCUT2D eigenvalue weighted by atomic mass is 16.2. The van der Waals surface area contributed by atoms with Gasteiger partial charge in [0.25, 0.3) is 0 Å². The second-order valence-electron chi connectivity index (χ2n) is 6.03. The van der Waals surface area contributed by atoms with Gasteiger partial charge >= 0.3 is 0 Å². The van der Waals surface area contributed by atoms with E-state index in [4.69, 9.17) is 0 Å². The Morgan fingerprint density at radius 2 is 1.89 bits per heavy atom. The topological polar surface area (TPSA) is 32.3 Å². The lowest BCUT2D eigenvalue weighted by molar-refractivity contribution is -0.133. The first-order valence-electron chi connectivity index (χ1n) is 7.27. The van der Waals surface area contributed by atoms with Gasteiger partial charge < -0.3 is 10.2 Å². The van der Waals surface area contributed by atoms with Crippen LogP contribution in [0.1, 0.15) is 31.0 Å². The highest BCUT2D eigenvalue weighted by molar-refractivity contribution is 5.84. The average molecular weight is 258 g/mol. The summed E-state index contributed by atoms with van der Waals surface area (Å²) in [6.07, 6.45) is 1.02. The predicted octanol–water partition coefficient (Wildman–Crippen LogP) is 1.99. The second kappa shape index (κ2) is 4.97. The summed E-state index contributed by atoms with van der Waals surface area (Å²) in [5.41, 5.74) is 2.49. The Bertz CT molecular complexity index is 475. The largest absolute Gasteiger partial charge is 0.340 e. The number of carbonyl (C=O) groups is 1. The number of nitrogens with zero attached hydrogens (tertiary/aromatic N) is 1. The molecule has 1 fully saturated rings. The molecule has 3 atom stereocenters. The van der Waals surface area contributed by atoms with E-state index in [0.29, 0.717) is 11.8 Å². The summed E-state index contributed by atoms with van der Waals surface area (Å²) in [5.74, 6) is 1.48. The first-order chi connectivity index (χ1) is 9.16. The van der Waals surface area contributed by atoms with Gasteiger partial charge in [0.2, 0.25) is 5.91 Å². The van der Waals surface area contributed by atoms with Gasteiger partial charge in [-0.25, -0.2) is 0 Å². The van der Waals surface area contributed by atoms with Gasteiger partial charge in [0.1, 0.15) is 6.04 Å². The first-order valence-corrected chi connectivity index (χ1v) is 7.27. The van der Waals surface area contributed by atoms with Gasteiger partial charge in [-0.1, -0.05) is 38.1 Å². The molecule has 3 rings (SSSR count). The van der Waals surface area contributed by atoms with Crippen LogP contribution in [0.4, 0.5) is 0 Å². The Hall–Kier alpha value is -1.35. The smallest absolute Gasteiger partial charge is 0.244 e. The molecule has 2 aliphatic heterocycles.